The molecule has 0 unspecified atom stereocenters. The number of fused-ring (bicyclic) bond motifs is 1. The van der Waals surface area contributed by atoms with Crippen molar-refractivity contribution in [2.24, 2.45) is 0 Å². The maximum absolute atomic E-state index is 12.9. The molecular formula is C24H27N5OS2. The summed E-state index contributed by atoms with van der Waals surface area (Å²) in [5, 5.41) is 9.73. The molecule has 6 nitrogen and oxygen atoms in total. The number of nitrogens with one attached hydrogen (secondary N) is 1. The van der Waals surface area contributed by atoms with Gasteiger partial charge in [-0.05, 0) is 38.5 Å². The van der Waals surface area contributed by atoms with Gasteiger partial charge in [0.2, 0.25) is 5.91 Å². The predicted octanol–water partition coefficient (Wildman–Crippen LogP) is 5.83. The van der Waals surface area contributed by atoms with Gasteiger partial charge >= 0.3 is 0 Å². The first-order chi connectivity index (χ1) is 15.1. The third-order valence-electron chi connectivity index (χ3n) is 5.19. The van der Waals surface area contributed by atoms with Crippen molar-refractivity contribution in [1.82, 2.24) is 19.7 Å². The van der Waals surface area contributed by atoms with E-state index in [0.717, 1.165) is 32.4 Å². The Morgan fingerprint density at radius 1 is 1.12 bits per heavy atom. The van der Waals surface area contributed by atoms with E-state index in [-0.39, 0.29) is 17.1 Å². The number of carbonyl (C=O) groups is 1. The second-order valence-corrected chi connectivity index (χ2v) is 11.0. The molecule has 0 bridgehead atoms. The summed E-state index contributed by atoms with van der Waals surface area (Å²) in [5.41, 5.74) is 2.88. The molecule has 3 aromatic heterocycles. The van der Waals surface area contributed by atoms with Gasteiger partial charge in [0.15, 0.2) is 0 Å². The van der Waals surface area contributed by atoms with Gasteiger partial charge in [0.1, 0.15) is 21.5 Å². The van der Waals surface area contributed by atoms with Gasteiger partial charge in [-0.15, -0.1) is 11.3 Å². The smallest absolute Gasteiger partial charge is 0.235 e. The molecule has 32 heavy (non-hydrogen) atoms. The van der Waals surface area contributed by atoms with E-state index in [1.165, 1.54) is 22.2 Å². The Labute approximate surface area is 196 Å². The van der Waals surface area contributed by atoms with E-state index in [1.54, 1.807) is 16.0 Å². The summed E-state index contributed by atoms with van der Waals surface area (Å²) in [6, 6.07) is 11.8. The second-order valence-electron chi connectivity index (χ2n) is 8.79. The van der Waals surface area contributed by atoms with Gasteiger partial charge in [0.25, 0.3) is 0 Å². The molecule has 166 valence electrons. The lowest BCUT2D eigenvalue weighted by Crippen LogP contribution is -2.17. The molecule has 0 fully saturated rings. The lowest BCUT2D eigenvalue weighted by molar-refractivity contribution is -0.113. The third kappa shape index (κ3) is 4.56. The summed E-state index contributed by atoms with van der Waals surface area (Å²) in [7, 11) is 0. The Hall–Kier alpha value is -2.71. The summed E-state index contributed by atoms with van der Waals surface area (Å²) in [5.74, 6) is 1.54. The van der Waals surface area contributed by atoms with E-state index in [4.69, 9.17) is 5.10 Å². The van der Waals surface area contributed by atoms with Crippen LogP contribution in [0.5, 0.6) is 0 Å². The predicted molar refractivity (Wildman–Crippen MR) is 133 cm³/mol. The quantitative estimate of drug-likeness (QED) is 0.296. The standard InChI is InChI=1S/C24H27N5OS2/c1-14-15(2)32-23-21(14)22(25-16(3)26-23)31-13-20(30)27-19-12-18(24(4,5)6)28-29(19)17-10-8-7-9-11-17/h7-12H,13H2,1-6H3,(H,27,30). The van der Waals surface area contributed by atoms with Crippen LogP contribution in [-0.2, 0) is 10.2 Å². The van der Waals surface area contributed by atoms with E-state index < -0.39 is 0 Å². The number of para-hydroxylation sites is 1. The lowest BCUT2D eigenvalue weighted by atomic mass is 9.92. The van der Waals surface area contributed by atoms with E-state index in [2.05, 4.69) is 49.9 Å². The first kappa shape index (κ1) is 22.5. The number of aromatic nitrogens is 4. The largest absolute Gasteiger partial charge is 0.310 e. The maximum Gasteiger partial charge on any atom is 0.235 e. The Morgan fingerprint density at radius 3 is 2.53 bits per heavy atom. The van der Waals surface area contributed by atoms with Crippen LogP contribution in [0.15, 0.2) is 41.4 Å². The number of anilines is 1. The van der Waals surface area contributed by atoms with Crippen LogP contribution < -0.4 is 5.32 Å². The summed E-state index contributed by atoms with van der Waals surface area (Å²) in [6.45, 7) is 12.4. The zero-order valence-corrected chi connectivity index (χ0v) is 20.8. The fourth-order valence-electron chi connectivity index (χ4n) is 3.33. The van der Waals surface area contributed by atoms with Crippen molar-refractivity contribution in [2.45, 2.75) is 52.0 Å². The number of benzene rings is 1. The molecule has 4 rings (SSSR count). The molecule has 0 spiro atoms. The Morgan fingerprint density at radius 2 is 1.84 bits per heavy atom. The molecule has 1 N–H and O–H groups in total. The van der Waals surface area contributed by atoms with Crippen LogP contribution in [0, 0.1) is 20.8 Å². The van der Waals surface area contributed by atoms with Gasteiger partial charge in [0, 0.05) is 21.7 Å². The lowest BCUT2D eigenvalue weighted by Gasteiger charge is -2.14. The first-order valence-corrected chi connectivity index (χ1v) is 12.3. The minimum atomic E-state index is -0.132. The molecule has 8 heteroatoms. The summed E-state index contributed by atoms with van der Waals surface area (Å²) >= 11 is 3.12. The third-order valence-corrected chi connectivity index (χ3v) is 7.27. The first-order valence-electron chi connectivity index (χ1n) is 10.5. The van der Waals surface area contributed by atoms with Crippen molar-refractivity contribution in [2.75, 3.05) is 11.1 Å². The Bertz CT molecular complexity index is 1290. The number of nitrogens with zero attached hydrogens (tertiary/aromatic N) is 4. The average Bonchev–Trinajstić information content (AvgIpc) is 3.28. The molecule has 0 saturated carbocycles. The number of amides is 1. The van der Waals surface area contributed by atoms with Crippen molar-refractivity contribution in [3.8, 4) is 5.69 Å². The zero-order valence-electron chi connectivity index (χ0n) is 19.2. The molecule has 0 aliphatic carbocycles. The molecule has 0 aliphatic rings. The van der Waals surface area contributed by atoms with E-state index in [0.29, 0.717) is 5.82 Å². The summed E-state index contributed by atoms with van der Waals surface area (Å²) in [6.07, 6.45) is 0. The molecule has 3 heterocycles. The minimum absolute atomic E-state index is 0.0958. The number of hydrogen-bond donors (Lipinski definition) is 1. The van der Waals surface area contributed by atoms with Gasteiger partial charge in [-0.3, -0.25) is 4.79 Å². The van der Waals surface area contributed by atoms with Gasteiger partial charge in [-0.1, -0.05) is 50.7 Å². The Kier molecular flexibility index (Phi) is 6.09. The molecule has 0 radical (unpaired) electrons. The van der Waals surface area contributed by atoms with Gasteiger partial charge in [-0.2, -0.15) is 5.10 Å². The minimum Gasteiger partial charge on any atom is -0.310 e. The molecule has 0 atom stereocenters. The number of carbonyl (C=O) groups excluding carboxylic acids is 1. The van der Waals surface area contributed by atoms with Crippen molar-refractivity contribution in [1.29, 1.82) is 0 Å². The molecule has 0 saturated heterocycles. The highest BCUT2D eigenvalue weighted by molar-refractivity contribution is 8.00. The van der Waals surface area contributed by atoms with E-state index >= 15 is 0 Å². The fraction of sp³-hybridized carbons (Fsp3) is 0.333. The zero-order chi connectivity index (χ0) is 23.0. The number of thiophene rings is 1. The average molecular weight is 466 g/mol. The number of aryl methyl sites for hydroxylation is 3. The topological polar surface area (TPSA) is 72.7 Å². The molecule has 1 amide bonds. The fourth-order valence-corrected chi connectivity index (χ4v) is 5.40. The van der Waals surface area contributed by atoms with Gasteiger partial charge in [-0.25, -0.2) is 14.6 Å². The maximum atomic E-state index is 12.9. The molecular weight excluding hydrogens is 438 g/mol. The molecule has 4 aromatic rings. The van der Waals surface area contributed by atoms with Crippen molar-refractivity contribution >= 4 is 45.0 Å². The van der Waals surface area contributed by atoms with Crippen LogP contribution in [0.2, 0.25) is 0 Å². The van der Waals surface area contributed by atoms with Crippen LogP contribution in [0.4, 0.5) is 5.82 Å². The molecule has 1 aromatic carbocycles. The van der Waals surface area contributed by atoms with E-state index in [1.807, 2.05) is 43.3 Å². The monoisotopic (exact) mass is 465 g/mol. The van der Waals surface area contributed by atoms with Crippen LogP contribution >= 0.6 is 23.1 Å². The van der Waals surface area contributed by atoms with Crippen molar-refractivity contribution in [3.63, 3.8) is 0 Å². The number of hydrogen-bond acceptors (Lipinski definition) is 6. The molecule has 0 aliphatic heterocycles. The van der Waals surface area contributed by atoms with Gasteiger partial charge in [0.05, 0.1) is 17.1 Å². The van der Waals surface area contributed by atoms with Crippen molar-refractivity contribution in [3.05, 3.63) is 58.4 Å². The van der Waals surface area contributed by atoms with Crippen LogP contribution in [0.25, 0.3) is 15.9 Å². The second kappa shape index (κ2) is 8.67. The van der Waals surface area contributed by atoms with Crippen LogP contribution in [-0.4, -0.2) is 31.4 Å². The van der Waals surface area contributed by atoms with Crippen LogP contribution in [0.3, 0.4) is 0 Å². The Balaban J connectivity index is 1.58. The van der Waals surface area contributed by atoms with Gasteiger partial charge < -0.3 is 5.32 Å². The SMILES string of the molecule is Cc1nc(SCC(=O)Nc2cc(C(C)(C)C)nn2-c2ccccc2)c2c(C)c(C)sc2n1. The highest BCUT2D eigenvalue weighted by Gasteiger charge is 2.22. The highest BCUT2D eigenvalue weighted by Crippen LogP contribution is 2.35. The number of thioether (sulfide) groups is 1. The number of rotatable bonds is 5. The highest BCUT2D eigenvalue weighted by atomic mass is 32.2. The summed E-state index contributed by atoms with van der Waals surface area (Å²) < 4.78 is 1.79. The summed E-state index contributed by atoms with van der Waals surface area (Å²) in [4.78, 5) is 24.3. The van der Waals surface area contributed by atoms with E-state index in [9.17, 15) is 4.79 Å². The van der Waals surface area contributed by atoms with Crippen molar-refractivity contribution < 1.29 is 4.79 Å². The normalized spacial score (nSPS) is 11.8. The van der Waals surface area contributed by atoms with Crippen LogP contribution in [0.1, 0.15) is 42.7 Å².